The van der Waals surface area contributed by atoms with E-state index in [1.54, 1.807) is 5.56 Å². The molecule has 0 aromatic carbocycles. The van der Waals surface area contributed by atoms with Crippen molar-refractivity contribution in [1.29, 1.82) is 0 Å². The number of hydrogen-bond donors (Lipinski definition) is 1. The summed E-state index contributed by atoms with van der Waals surface area (Å²) in [6, 6.07) is 2.90. The average molecular weight is 297 g/mol. The summed E-state index contributed by atoms with van der Waals surface area (Å²) in [6.45, 7) is 7.33. The highest BCUT2D eigenvalue weighted by Gasteiger charge is 2.25. The maximum absolute atomic E-state index is 3.79. The van der Waals surface area contributed by atoms with Crippen molar-refractivity contribution in [2.45, 2.75) is 48.1 Å². The molecule has 0 bridgehead atoms. The second-order valence-corrected chi connectivity index (χ2v) is 8.36. The van der Waals surface area contributed by atoms with E-state index in [0.717, 1.165) is 11.8 Å². The van der Waals surface area contributed by atoms with Crippen molar-refractivity contribution in [2.24, 2.45) is 0 Å². The summed E-state index contributed by atoms with van der Waals surface area (Å²) in [5.74, 6) is 0. The Morgan fingerprint density at radius 2 is 2.16 bits per heavy atom. The second-order valence-electron chi connectivity index (χ2n) is 5.74. The highest BCUT2D eigenvalue weighted by atomic mass is 32.2. The van der Waals surface area contributed by atoms with Gasteiger partial charge in [-0.25, -0.2) is 0 Å². The van der Waals surface area contributed by atoms with Gasteiger partial charge in [0.05, 0.1) is 4.21 Å². The van der Waals surface area contributed by atoms with Gasteiger partial charge >= 0.3 is 0 Å². The smallest absolute Gasteiger partial charge is 0.0649 e. The maximum atomic E-state index is 3.79. The van der Waals surface area contributed by atoms with Crippen molar-refractivity contribution in [3.63, 3.8) is 0 Å². The summed E-state index contributed by atoms with van der Waals surface area (Å²) in [5.41, 5.74) is 1.55. The fraction of sp³-hybridized carbons (Fsp3) is 0.733. The predicted octanol–water partition coefficient (Wildman–Crippen LogP) is 3.75. The van der Waals surface area contributed by atoms with Gasteiger partial charge in [0.1, 0.15) is 0 Å². The van der Waals surface area contributed by atoms with E-state index >= 15 is 0 Å². The van der Waals surface area contributed by atoms with Gasteiger partial charge in [-0.1, -0.05) is 13.3 Å². The van der Waals surface area contributed by atoms with Crippen LogP contribution in [0.25, 0.3) is 0 Å². The van der Waals surface area contributed by atoms with Crippen LogP contribution in [0.3, 0.4) is 0 Å². The standard InChI is InChI=1S/C15H24N2S2/c1-12-11-14(13-5-10-18-15(13)19-12)16-6-9-17-7-3-2-4-8-17/h5,10,12,14,16H,2-4,6-9,11H2,1H3/t12-,14?/m0/s1. The lowest BCUT2D eigenvalue weighted by molar-refractivity contribution is 0.225. The van der Waals surface area contributed by atoms with Gasteiger partial charge in [0, 0.05) is 24.4 Å². The zero-order valence-corrected chi connectivity index (χ0v) is 13.4. The summed E-state index contributed by atoms with van der Waals surface area (Å²) in [5, 5.41) is 6.79. The molecule has 1 N–H and O–H groups in total. The van der Waals surface area contributed by atoms with Crippen molar-refractivity contribution in [1.82, 2.24) is 10.2 Å². The predicted molar refractivity (Wildman–Crippen MR) is 85.3 cm³/mol. The van der Waals surface area contributed by atoms with E-state index < -0.39 is 0 Å². The van der Waals surface area contributed by atoms with Crippen LogP contribution >= 0.6 is 23.1 Å². The van der Waals surface area contributed by atoms with E-state index in [2.05, 4.69) is 40.3 Å². The minimum atomic E-state index is 0.585. The van der Waals surface area contributed by atoms with Crippen LogP contribution in [0.5, 0.6) is 0 Å². The van der Waals surface area contributed by atoms with Crippen LogP contribution in [0.2, 0.25) is 0 Å². The Bertz CT molecular complexity index is 399. The summed E-state index contributed by atoms with van der Waals surface area (Å²) in [4.78, 5) is 2.62. The molecule has 0 radical (unpaired) electrons. The minimum absolute atomic E-state index is 0.585. The van der Waals surface area contributed by atoms with Gasteiger partial charge in [0.15, 0.2) is 0 Å². The van der Waals surface area contributed by atoms with Crippen molar-refractivity contribution in [3.05, 3.63) is 17.0 Å². The fourth-order valence-electron chi connectivity index (χ4n) is 3.12. The molecule has 3 rings (SSSR count). The van der Waals surface area contributed by atoms with Crippen LogP contribution in [0.15, 0.2) is 15.7 Å². The molecule has 2 nitrogen and oxygen atoms in total. The third-order valence-electron chi connectivity index (χ3n) is 4.18. The van der Waals surface area contributed by atoms with E-state index in [4.69, 9.17) is 0 Å². The number of rotatable bonds is 4. The van der Waals surface area contributed by atoms with Crippen molar-refractivity contribution < 1.29 is 0 Å². The van der Waals surface area contributed by atoms with E-state index in [1.807, 2.05) is 11.3 Å². The topological polar surface area (TPSA) is 15.3 Å². The first kappa shape index (κ1) is 13.9. The number of piperidine rings is 1. The zero-order valence-electron chi connectivity index (χ0n) is 11.7. The number of fused-ring (bicyclic) bond motifs is 1. The van der Waals surface area contributed by atoms with E-state index in [-0.39, 0.29) is 0 Å². The lowest BCUT2D eigenvalue weighted by Gasteiger charge is -2.30. The van der Waals surface area contributed by atoms with Crippen molar-refractivity contribution in [3.8, 4) is 0 Å². The summed E-state index contributed by atoms with van der Waals surface area (Å²) >= 11 is 3.96. The number of thiophene rings is 1. The Hall–Kier alpha value is -0.0300. The van der Waals surface area contributed by atoms with E-state index in [9.17, 15) is 0 Å². The molecule has 3 heterocycles. The van der Waals surface area contributed by atoms with Crippen LogP contribution in [0.1, 0.15) is 44.2 Å². The molecule has 0 amide bonds. The zero-order chi connectivity index (χ0) is 13.1. The fourth-order valence-corrected chi connectivity index (χ4v) is 5.69. The van der Waals surface area contributed by atoms with Crippen molar-refractivity contribution >= 4 is 23.1 Å². The van der Waals surface area contributed by atoms with Gasteiger partial charge in [-0.15, -0.1) is 23.1 Å². The Balaban J connectivity index is 1.50. The van der Waals surface area contributed by atoms with Gasteiger partial charge < -0.3 is 10.2 Å². The molecule has 0 saturated carbocycles. The second kappa shape index (κ2) is 6.61. The Kier molecular flexibility index (Phi) is 4.85. The molecule has 2 atom stereocenters. The number of thioether (sulfide) groups is 1. The molecular formula is C15H24N2S2. The number of nitrogens with zero attached hydrogens (tertiary/aromatic N) is 1. The van der Waals surface area contributed by atoms with Gasteiger partial charge in [-0.05, 0) is 49.4 Å². The summed E-state index contributed by atoms with van der Waals surface area (Å²) < 4.78 is 1.54. The first-order valence-corrected chi connectivity index (χ1v) is 9.28. The van der Waals surface area contributed by atoms with Crippen LogP contribution in [-0.4, -0.2) is 36.3 Å². The lowest BCUT2D eigenvalue weighted by atomic mass is 10.0. The van der Waals surface area contributed by atoms with Gasteiger partial charge in [0.25, 0.3) is 0 Å². The van der Waals surface area contributed by atoms with E-state index in [0.29, 0.717) is 6.04 Å². The maximum Gasteiger partial charge on any atom is 0.0649 e. The average Bonchev–Trinajstić information content (AvgIpc) is 2.88. The van der Waals surface area contributed by atoms with Crippen LogP contribution in [0.4, 0.5) is 0 Å². The minimum Gasteiger partial charge on any atom is -0.309 e. The number of hydrogen-bond acceptors (Lipinski definition) is 4. The first-order chi connectivity index (χ1) is 9.33. The SMILES string of the molecule is C[C@H]1CC(NCCN2CCCCC2)c2ccsc2S1. The highest BCUT2D eigenvalue weighted by molar-refractivity contribution is 8.01. The molecule has 1 unspecified atom stereocenters. The molecule has 2 aliphatic rings. The highest BCUT2D eigenvalue weighted by Crippen LogP contribution is 2.43. The third-order valence-corrected chi connectivity index (χ3v) is 6.52. The number of likely N-dealkylation sites (tertiary alicyclic amines) is 1. The molecule has 2 aliphatic heterocycles. The van der Waals surface area contributed by atoms with Gasteiger partial charge in [-0.2, -0.15) is 0 Å². The Labute approximate surface area is 125 Å². The first-order valence-electron chi connectivity index (χ1n) is 7.53. The molecule has 4 heteroatoms. The van der Waals surface area contributed by atoms with Crippen LogP contribution in [0, 0.1) is 0 Å². The summed E-state index contributed by atoms with van der Waals surface area (Å²) in [6.07, 6.45) is 5.49. The third kappa shape index (κ3) is 3.54. The molecule has 0 spiro atoms. The monoisotopic (exact) mass is 296 g/mol. The Morgan fingerprint density at radius 3 is 3.00 bits per heavy atom. The molecule has 1 aromatic heterocycles. The van der Waals surface area contributed by atoms with Crippen molar-refractivity contribution in [2.75, 3.05) is 26.2 Å². The summed E-state index contributed by atoms with van der Waals surface area (Å²) in [7, 11) is 0. The quantitative estimate of drug-likeness (QED) is 0.911. The molecule has 19 heavy (non-hydrogen) atoms. The molecule has 0 aliphatic carbocycles. The lowest BCUT2D eigenvalue weighted by Crippen LogP contribution is -2.37. The Morgan fingerprint density at radius 1 is 1.32 bits per heavy atom. The largest absolute Gasteiger partial charge is 0.309 e. The molecule has 106 valence electrons. The number of nitrogens with one attached hydrogen (secondary N) is 1. The molecular weight excluding hydrogens is 272 g/mol. The molecule has 1 saturated heterocycles. The van der Waals surface area contributed by atoms with Crippen LogP contribution in [-0.2, 0) is 0 Å². The normalized spacial score (nSPS) is 28.3. The molecule has 1 aromatic rings. The van der Waals surface area contributed by atoms with Crippen LogP contribution < -0.4 is 5.32 Å². The van der Waals surface area contributed by atoms with E-state index in [1.165, 1.54) is 49.5 Å². The van der Waals surface area contributed by atoms with Gasteiger partial charge in [0.2, 0.25) is 0 Å². The molecule has 1 fully saturated rings. The van der Waals surface area contributed by atoms with Gasteiger partial charge in [-0.3, -0.25) is 0 Å².